The number of amides is 1. The summed E-state index contributed by atoms with van der Waals surface area (Å²) in [5.74, 6) is 1.13. The van der Waals surface area contributed by atoms with Crippen LogP contribution in [0.3, 0.4) is 0 Å². The SMILES string of the molecule is C=CC(=O)Nc1cc(-c2cc3c(cn2)cc(-c2c(Cl)c(OC)cc(OC)c2Cl)c2nccn23)c(OC)cc1N1C2CCCC1CC(O)C2. The number of fused-ring (bicyclic) bond motifs is 5. The largest absolute Gasteiger partial charge is 0.496 e. The molecule has 1 amide bonds. The molecule has 2 aliphatic rings. The summed E-state index contributed by atoms with van der Waals surface area (Å²) in [4.78, 5) is 24.6. The van der Waals surface area contributed by atoms with E-state index in [9.17, 15) is 9.90 Å². The Balaban J connectivity index is 1.39. The molecule has 0 spiro atoms. The Morgan fingerprint density at radius 1 is 0.958 bits per heavy atom. The van der Waals surface area contributed by atoms with Crippen molar-refractivity contribution in [3.8, 4) is 39.6 Å². The highest BCUT2D eigenvalue weighted by Gasteiger charge is 2.39. The zero-order chi connectivity index (χ0) is 33.7. The number of hydrogen-bond donors (Lipinski definition) is 2. The lowest BCUT2D eigenvalue weighted by molar-refractivity contribution is -0.111. The molecule has 2 unspecified atom stereocenters. The van der Waals surface area contributed by atoms with E-state index in [0.29, 0.717) is 73.9 Å². The van der Waals surface area contributed by atoms with Crippen LogP contribution < -0.4 is 24.4 Å². The van der Waals surface area contributed by atoms with Gasteiger partial charge in [-0.05, 0) is 56.4 Å². The Hall–Kier alpha value is -4.51. The molecule has 48 heavy (non-hydrogen) atoms. The number of piperidine rings is 2. The predicted molar refractivity (Wildman–Crippen MR) is 189 cm³/mol. The first kappa shape index (κ1) is 32.1. The molecule has 2 aromatic carbocycles. The Bertz CT molecular complexity index is 2040. The third-order valence-corrected chi connectivity index (χ3v) is 10.2. The maximum atomic E-state index is 12.7. The van der Waals surface area contributed by atoms with Crippen molar-refractivity contribution >= 4 is 57.0 Å². The second-order valence-electron chi connectivity index (χ2n) is 12.1. The number of pyridine rings is 2. The Kier molecular flexibility index (Phi) is 8.57. The van der Waals surface area contributed by atoms with Crippen molar-refractivity contribution in [3.63, 3.8) is 0 Å². The van der Waals surface area contributed by atoms with Crippen LogP contribution in [0, 0.1) is 0 Å². The van der Waals surface area contributed by atoms with Gasteiger partial charge in [-0.3, -0.25) is 14.2 Å². The van der Waals surface area contributed by atoms with Gasteiger partial charge in [-0.1, -0.05) is 29.8 Å². The van der Waals surface area contributed by atoms with Gasteiger partial charge in [0.15, 0.2) is 0 Å². The quantitative estimate of drug-likeness (QED) is 0.161. The van der Waals surface area contributed by atoms with Crippen LogP contribution in [0.25, 0.3) is 38.9 Å². The Morgan fingerprint density at radius 3 is 2.29 bits per heavy atom. The minimum Gasteiger partial charge on any atom is -0.496 e. The van der Waals surface area contributed by atoms with Gasteiger partial charge in [-0.2, -0.15) is 0 Å². The smallest absolute Gasteiger partial charge is 0.247 e. The fraction of sp³-hybridized carbons (Fsp3) is 0.306. The van der Waals surface area contributed by atoms with Crippen LogP contribution in [0.1, 0.15) is 32.1 Å². The van der Waals surface area contributed by atoms with Crippen molar-refractivity contribution in [2.45, 2.75) is 50.3 Å². The molecule has 5 heterocycles. The molecule has 12 heteroatoms. The summed E-state index contributed by atoms with van der Waals surface area (Å²) < 4.78 is 19.0. The molecule has 0 radical (unpaired) electrons. The molecular formula is C36H35Cl2N5O5. The molecule has 2 N–H and O–H groups in total. The molecule has 2 saturated heterocycles. The molecule has 248 valence electrons. The number of aliphatic hydroxyl groups is 1. The van der Waals surface area contributed by atoms with E-state index in [1.807, 2.05) is 34.9 Å². The second kappa shape index (κ2) is 12.8. The van der Waals surface area contributed by atoms with Crippen LogP contribution in [0.15, 0.2) is 61.6 Å². The van der Waals surface area contributed by atoms with Crippen LogP contribution in [-0.4, -0.2) is 64.9 Å². The summed E-state index contributed by atoms with van der Waals surface area (Å²) in [5.41, 5.74) is 5.50. The number of carbonyl (C=O) groups excluding carboxylic acids is 1. The van der Waals surface area contributed by atoms with Crippen molar-refractivity contribution < 1.29 is 24.1 Å². The summed E-state index contributed by atoms with van der Waals surface area (Å²) in [6.45, 7) is 3.66. The molecule has 3 aromatic heterocycles. The van der Waals surface area contributed by atoms with Gasteiger partial charge in [-0.25, -0.2) is 4.98 Å². The Morgan fingerprint density at radius 2 is 1.65 bits per heavy atom. The number of imidazole rings is 1. The molecule has 5 aromatic rings. The molecule has 10 nitrogen and oxygen atoms in total. The Labute approximate surface area is 287 Å². The topological polar surface area (TPSA) is 110 Å². The maximum absolute atomic E-state index is 12.7. The number of benzene rings is 2. The van der Waals surface area contributed by atoms with Gasteiger partial charge >= 0.3 is 0 Å². The summed E-state index contributed by atoms with van der Waals surface area (Å²) in [5, 5.41) is 15.1. The first-order valence-corrected chi connectivity index (χ1v) is 16.5. The minimum absolute atomic E-state index is 0.163. The van der Waals surface area contributed by atoms with Gasteiger partial charge in [-0.15, -0.1) is 0 Å². The van der Waals surface area contributed by atoms with E-state index in [-0.39, 0.29) is 24.1 Å². The van der Waals surface area contributed by atoms with E-state index in [1.54, 1.807) is 25.6 Å². The average Bonchev–Trinajstić information content (AvgIpc) is 3.59. The van der Waals surface area contributed by atoms with Gasteiger partial charge in [0.1, 0.15) is 22.9 Å². The van der Waals surface area contributed by atoms with E-state index in [2.05, 4.69) is 21.8 Å². The molecule has 0 saturated carbocycles. The van der Waals surface area contributed by atoms with E-state index in [4.69, 9.17) is 42.4 Å². The predicted octanol–water partition coefficient (Wildman–Crippen LogP) is 7.56. The molecule has 2 bridgehead atoms. The summed E-state index contributed by atoms with van der Waals surface area (Å²) in [6.07, 6.45) is 10.7. The molecule has 2 aliphatic heterocycles. The normalized spacial score (nSPS) is 19.0. The highest BCUT2D eigenvalue weighted by Crippen LogP contribution is 2.48. The van der Waals surface area contributed by atoms with Gasteiger partial charge in [0.2, 0.25) is 5.91 Å². The van der Waals surface area contributed by atoms with Crippen LogP contribution in [0.2, 0.25) is 10.0 Å². The zero-order valence-corrected chi connectivity index (χ0v) is 28.3. The van der Waals surface area contributed by atoms with Crippen molar-refractivity contribution in [3.05, 3.63) is 71.6 Å². The number of nitrogens with one attached hydrogen (secondary N) is 1. The number of ether oxygens (including phenoxy) is 3. The lowest BCUT2D eigenvalue weighted by Gasteiger charge is -2.49. The summed E-state index contributed by atoms with van der Waals surface area (Å²) in [7, 11) is 4.70. The van der Waals surface area contributed by atoms with Crippen molar-refractivity contribution in [2.75, 3.05) is 31.5 Å². The maximum Gasteiger partial charge on any atom is 0.247 e. The number of aromatic nitrogens is 3. The number of anilines is 2. The lowest BCUT2D eigenvalue weighted by Crippen LogP contribution is -2.54. The number of aliphatic hydroxyl groups excluding tert-OH is 1. The first-order valence-electron chi connectivity index (χ1n) is 15.7. The van der Waals surface area contributed by atoms with Crippen LogP contribution in [-0.2, 0) is 4.79 Å². The van der Waals surface area contributed by atoms with Crippen LogP contribution in [0.4, 0.5) is 11.4 Å². The summed E-state index contributed by atoms with van der Waals surface area (Å²) in [6, 6.07) is 9.77. The lowest BCUT2D eigenvalue weighted by atomic mass is 9.82. The highest BCUT2D eigenvalue weighted by atomic mass is 35.5. The number of hydrogen-bond acceptors (Lipinski definition) is 8. The number of rotatable bonds is 8. The van der Waals surface area contributed by atoms with E-state index >= 15 is 0 Å². The standard InChI is InChI=1S/C36H35Cl2N5O5/c1-5-32(45)41-26-14-23(29(46-2)16-28(26)43-20-7-6-8-21(43)13-22(44)12-20)25-15-27-19(18-40-25)11-24(36-39-9-10-42(27)36)33-34(37)30(47-3)17-31(48-4)35(33)38/h5,9-11,14-18,20-22,44H,1,6-8,12-13H2,2-4H3,(H,41,45). The van der Waals surface area contributed by atoms with Crippen molar-refractivity contribution in [2.24, 2.45) is 0 Å². The van der Waals surface area contributed by atoms with Crippen molar-refractivity contribution in [1.82, 2.24) is 14.4 Å². The molecule has 2 fully saturated rings. The number of halogens is 2. The fourth-order valence-corrected chi connectivity index (χ4v) is 8.03. The monoisotopic (exact) mass is 687 g/mol. The highest BCUT2D eigenvalue weighted by molar-refractivity contribution is 6.41. The second-order valence-corrected chi connectivity index (χ2v) is 12.9. The average molecular weight is 689 g/mol. The minimum atomic E-state index is -0.329. The van der Waals surface area contributed by atoms with E-state index < -0.39 is 0 Å². The van der Waals surface area contributed by atoms with Gasteiger partial charge in [0, 0.05) is 64.9 Å². The molecule has 7 rings (SSSR count). The van der Waals surface area contributed by atoms with Crippen LogP contribution >= 0.6 is 23.2 Å². The third-order valence-electron chi connectivity index (χ3n) is 9.46. The van der Waals surface area contributed by atoms with Gasteiger partial charge in [0.25, 0.3) is 0 Å². The van der Waals surface area contributed by atoms with Crippen LogP contribution in [0.5, 0.6) is 17.2 Å². The molecule has 2 atom stereocenters. The zero-order valence-electron chi connectivity index (χ0n) is 26.8. The van der Waals surface area contributed by atoms with Gasteiger partial charge in [0.05, 0.1) is 60.1 Å². The third kappa shape index (κ3) is 5.38. The van der Waals surface area contributed by atoms with Crippen molar-refractivity contribution in [1.29, 1.82) is 0 Å². The first-order chi connectivity index (χ1) is 23.3. The molecule has 0 aliphatic carbocycles. The summed E-state index contributed by atoms with van der Waals surface area (Å²) >= 11 is 13.6. The number of nitrogens with zero attached hydrogens (tertiary/aromatic N) is 4. The number of carbonyl (C=O) groups is 1. The number of methoxy groups -OCH3 is 3. The fourth-order valence-electron chi connectivity index (χ4n) is 7.33. The molecular weight excluding hydrogens is 653 g/mol. The van der Waals surface area contributed by atoms with E-state index in [1.165, 1.54) is 20.3 Å². The van der Waals surface area contributed by atoms with Gasteiger partial charge < -0.3 is 29.5 Å². The van der Waals surface area contributed by atoms with E-state index in [0.717, 1.165) is 35.9 Å².